The Kier molecular flexibility index (Phi) is 5.74. The summed E-state index contributed by atoms with van der Waals surface area (Å²) in [6, 6.07) is 14.7. The first kappa shape index (κ1) is 21.3. The number of carbonyl (C=O) groups excluding carboxylic acids is 2. The fraction of sp³-hybridized carbons (Fsp3) is 0.130. The van der Waals surface area contributed by atoms with Crippen LogP contribution in [-0.2, 0) is 11.3 Å². The molecule has 0 fully saturated rings. The number of aryl methyl sites for hydroxylation is 1. The lowest BCUT2D eigenvalue weighted by Gasteiger charge is -2.10. The van der Waals surface area contributed by atoms with Crippen molar-refractivity contribution in [1.29, 1.82) is 0 Å². The van der Waals surface area contributed by atoms with Crippen LogP contribution in [0.25, 0.3) is 16.6 Å². The SMILES string of the molecule is COC(=O)c1ccc2c(=O)n(-c3ccc(C(=O)NCc4ccc(C)o4)cc3)c(=S)[nH]c2c1. The zero-order valence-electron chi connectivity index (χ0n) is 17.3. The molecule has 0 bridgehead atoms. The van der Waals surface area contributed by atoms with Crippen molar-refractivity contribution in [2.45, 2.75) is 13.5 Å². The van der Waals surface area contributed by atoms with Gasteiger partial charge in [0.1, 0.15) is 11.5 Å². The fourth-order valence-electron chi connectivity index (χ4n) is 3.31. The van der Waals surface area contributed by atoms with E-state index >= 15 is 0 Å². The number of carbonyl (C=O) groups is 2. The molecule has 0 aliphatic rings. The van der Waals surface area contributed by atoms with Gasteiger partial charge < -0.3 is 19.5 Å². The minimum atomic E-state index is -0.508. The van der Waals surface area contributed by atoms with Crippen LogP contribution in [0.1, 0.15) is 32.2 Å². The Hall–Kier alpha value is -3.98. The van der Waals surface area contributed by atoms with Gasteiger partial charge in [-0.3, -0.25) is 14.2 Å². The van der Waals surface area contributed by atoms with E-state index in [9.17, 15) is 14.4 Å². The van der Waals surface area contributed by atoms with E-state index in [1.54, 1.807) is 36.4 Å². The van der Waals surface area contributed by atoms with Gasteiger partial charge in [0.05, 0.1) is 35.8 Å². The monoisotopic (exact) mass is 449 g/mol. The molecule has 2 aromatic carbocycles. The highest BCUT2D eigenvalue weighted by Crippen LogP contribution is 2.15. The number of methoxy groups -OCH3 is 1. The van der Waals surface area contributed by atoms with E-state index in [4.69, 9.17) is 21.4 Å². The molecule has 9 heteroatoms. The van der Waals surface area contributed by atoms with E-state index in [0.29, 0.717) is 33.5 Å². The van der Waals surface area contributed by atoms with Crippen molar-refractivity contribution in [3.8, 4) is 5.69 Å². The van der Waals surface area contributed by atoms with Gasteiger partial charge in [0.25, 0.3) is 11.5 Å². The number of rotatable bonds is 5. The van der Waals surface area contributed by atoms with Crippen LogP contribution >= 0.6 is 12.2 Å². The Balaban J connectivity index is 1.61. The first-order valence-electron chi connectivity index (χ1n) is 9.69. The summed E-state index contributed by atoms with van der Waals surface area (Å²) in [4.78, 5) is 40.2. The van der Waals surface area contributed by atoms with Crippen molar-refractivity contribution < 1.29 is 18.7 Å². The topological polar surface area (TPSA) is 106 Å². The van der Waals surface area contributed by atoms with Gasteiger partial charge in [0.2, 0.25) is 0 Å². The second-order valence-electron chi connectivity index (χ2n) is 7.06. The molecule has 0 aliphatic carbocycles. The van der Waals surface area contributed by atoms with Crippen LogP contribution in [0.15, 0.2) is 63.8 Å². The molecule has 0 atom stereocenters. The van der Waals surface area contributed by atoms with Crippen LogP contribution in [-0.4, -0.2) is 28.5 Å². The molecule has 2 heterocycles. The Morgan fingerprint density at radius 3 is 2.47 bits per heavy atom. The Morgan fingerprint density at radius 1 is 1.09 bits per heavy atom. The van der Waals surface area contributed by atoms with Crippen molar-refractivity contribution >= 4 is 35.0 Å². The number of H-pyrrole nitrogens is 1. The van der Waals surface area contributed by atoms with Gasteiger partial charge in [-0.15, -0.1) is 0 Å². The van der Waals surface area contributed by atoms with Crippen molar-refractivity contribution in [2.24, 2.45) is 0 Å². The van der Waals surface area contributed by atoms with Crippen LogP contribution in [0.5, 0.6) is 0 Å². The third kappa shape index (κ3) is 4.10. The molecule has 4 rings (SSSR count). The molecule has 2 aromatic heterocycles. The van der Waals surface area contributed by atoms with E-state index in [1.165, 1.54) is 23.8 Å². The number of fused-ring (bicyclic) bond motifs is 1. The van der Waals surface area contributed by atoms with E-state index in [2.05, 4.69) is 10.3 Å². The molecule has 0 saturated heterocycles. The number of nitrogens with one attached hydrogen (secondary N) is 2. The van der Waals surface area contributed by atoms with Crippen molar-refractivity contribution in [3.05, 3.63) is 92.4 Å². The lowest BCUT2D eigenvalue weighted by atomic mass is 10.1. The molecule has 32 heavy (non-hydrogen) atoms. The molecule has 0 saturated carbocycles. The average Bonchev–Trinajstić information content (AvgIpc) is 3.22. The number of aromatic nitrogens is 2. The van der Waals surface area contributed by atoms with Crippen molar-refractivity contribution in [1.82, 2.24) is 14.9 Å². The number of aromatic amines is 1. The van der Waals surface area contributed by atoms with Crippen LogP contribution in [0, 0.1) is 11.7 Å². The number of benzene rings is 2. The van der Waals surface area contributed by atoms with Crippen LogP contribution in [0.3, 0.4) is 0 Å². The molecule has 0 radical (unpaired) electrons. The Labute approximate surface area is 187 Å². The highest BCUT2D eigenvalue weighted by atomic mass is 32.1. The molecule has 4 aromatic rings. The molecule has 162 valence electrons. The predicted molar refractivity (Wildman–Crippen MR) is 121 cm³/mol. The Morgan fingerprint density at radius 2 is 1.81 bits per heavy atom. The van der Waals surface area contributed by atoms with Crippen molar-refractivity contribution in [2.75, 3.05) is 7.11 Å². The van der Waals surface area contributed by atoms with Gasteiger partial charge in [0.15, 0.2) is 4.77 Å². The number of hydrogen-bond donors (Lipinski definition) is 2. The van der Waals surface area contributed by atoms with E-state index in [1.807, 2.05) is 13.0 Å². The third-order valence-electron chi connectivity index (χ3n) is 4.93. The molecule has 0 aliphatic heterocycles. The van der Waals surface area contributed by atoms with Gasteiger partial charge in [-0.2, -0.15) is 0 Å². The Bertz CT molecular complexity index is 1450. The van der Waals surface area contributed by atoms with E-state index in [-0.39, 0.29) is 22.8 Å². The number of esters is 1. The predicted octanol–water partition coefficient (Wildman–Crippen LogP) is 3.67. The van der Waals surface area contributed by atoms with E-state index in [0.717, 1.165) is 5.76 Å². The highest BCUT2D eigenvalue weighted by molar-refractivity contribution is 7.71. The van der Waals surface area contributed by atoms with Gasteiger partial charge in [-0.1, -0.05) is 0 Å². The second kappa shape index (κ2) is 8.64. The molecule has 1 amide bonds. The van der Waals surface area contributed by atoms with Crippen molar-refractivity contribution in [3.63, 3.8) is 0 Å². The standard InChI is InChI=1S/C23H19N3O5S/c1-13-3-9-17(31-13)12-24-20(27)14-4-7-16(8-5-14)26-21(28)18-10-6-15(22(29)30-2)11-19(18)25-23(26)32/h3-11H,12H2,1-2H3,(H,24,27)(H,25,32). The zero-order valence-corrected chi connectivity index (χ0v) is 18.1. The van der Waals surface area contributed by atoms with Gasteiger partial charge >= 0.3 is 5.97 Å². The summed E-state index contributed by atoms with van der Waals surface area (Å²) in [6.07, 6.45) is 0. The summed E-state index contributed by atoms with van der Waals surface area (Å²) in [7, 11) is 1.29. The highest BCUT2D eigenvalue weighted by Gasteiger charge is 2.13. The lowest BCUT2D eigenvalue weighted by Crippen LogP contribution is -2.23. The number of nitrogens with zero attached hydrogens (tertiary/aromatic N) is 1. The van der Waals surface area contributed by atoms with Gasteiger partial charge in [-0.25, -0.2) is 4.79 Å². The smallest absolute Gasteiger partial charge is 0.337 e. The maximum absolute atomic E-state index is 13.1. The maximum atomic E-state index is 13.1. The van der Waals surface area contributed by atoms with Crippen LogP contribution in [0.2, 0.25) is 0 Å². The van der Waals surface area contributed by atoms with E-state index < -0.39 is 5.97 Å². The zero-order chi connectivity index (χ0) is 22.8. The number of amides is 1. The van der Waals surface area contributed by atoms with Gasteiger partial charge in [0, 0.05) is 5.56 Å². The number of ether oxygens (including phenoxy) is 1. The average molecular weight is 449 g/mol. The second-order valence-corrected chi connectivity index (χ2v) is 7.45. The number of hydrogen-bond acceptors (Lipinski definition) is 6. The van der Waals surface area contributed by atoms with Crippen LogP contribution in [0.4, 0.5) is 0 Å². The molecular weight excluding hydrogens is 430 g/mol. The number of furan rings is 1. The quantitative estimate of drug-likeness (QED) is 0.356. The third-order valence-corrected chi connectivity index (χ3v) is 5.21. The van der Waals surface area contributed by atoms with Crippen LogP contribution < -0.4 is 10.9 Å². The molecule has 8 nitrogen and oxygen atoms in total. The molecule has 0 unspecified atom stereocenters. The summed E-state index contributed by atoms with van der Waals surface area (Å²) >= 11 is 5.37. The first-order valence-corrected chi connectivity index (χ1v) is 10.1. The first-order chi connectivity index (χ1) is 15.4. The summed E-state index contributed by atoms with van der Waals surface area (Å²) < 4.78 is 11.7. The minimum Gasteiger partial charge on any atom is -0.465 e. The summed E-state index contributed by atoms with van der Waals surface area (Å²) in [6.45, 7) is 2.11. The summed E-state index contributed by atoms with van der Waals surface area (Å²) in [5.74, 6) is 0.665. The molecular formula is C23H19N3O5S. The summed E-state index contributed by atoms with van der Waals surface area (Å²) in [5, 5.41) is 3.15. The molecule has 0 spiro atoms. The fourth-order valence-corrected chi connectivity index (χ4v) is 3.61. The normalized spacial score (nSPS) is 10.8. The lowest BCUT2D eigenvalue weighted by molar-refractivity contribution is 0.0600. The maximum Gasteiger partial charge on any atom is 0.337 e. The molecule has 2 N–H and O–H groups in total. The largest absolute Gasteiger partial charge is 0.465 e. The minimum absolute atomic E-state index is 0.162. The summed E-state index contributed by atoms with van der Waals surface area (Å²) in [5.41, 5.74) is 1.34. The van der Waals surface area contributed by atoms with Gasteiger partial charge in [-0.05, 0) is 73.7 Å².